The summed E-state index contributed by atoms with van der Waals surface area (Å²) < 4.78 is 1.03. The van der Waals surface area contributed by atoms with Gasteiger partial charge in [-0.2, -0.15) is 5.11 Å². The smallest absolute Gasteiger partial charge is 0.212 e. The Bertz CT molecular complexity index is 805. The molecular formula is C16H14N4OS. The van der Waals surface area contributed by atoms with Crippen LogP contribution in [-0.2, 0) is 0 Å². The molecule has 2 unspecified atom stereocenters. The second-order valence-corrected chi connectivity index (χ2v) is 6.64. The van der Waals surface area contributed by atoms with E-state index in [1.807, 2.05) is 55.5 Å². The second-order valence-electron chi connectivity index (χ2n) is 5.61. The summed E-state index contributed by atoms with van der Waals surface area (Å²) in [5.41, 5.74) is 0.493. The molecule has 1 aliphatic carbocycles. The number of hydrogen-bond acceptors (Lipinski definition) is 6. The van der Waals surface area contributed by atoms with E-state index in [1.54, 1.807) is 5.01 Å². The highest BCUT2D eigenvalue weighted by Gasteiger charge is 2.41. The van der Waals surface area contributed by atoms with Crippen molar-refractivity contribution in [1.82, 2.24) is 9.99 Å². The average molecular weight is 310 g/mol. The van der Waals surface area contributed by atoms with Gasteiger partial charge in [-0.1, -0.05) is 41.7 Å². The molecule has 5 nitrogen and oxygen atoms in total. The van der Waals surface area contributed by atoms with Crippen LogP contribution in [0.25, 0.3) is 10.2 Å². The molecule has 0 bridgehead atoms. The van der Waals surface area contributed by atoms with Gasteiger partial charge in [0.05, 0.1) is 16.3 Å². The maximum Gasteiger partial charge on any atom is 0.212 e. The number of ketones is 1. The van der Waals surface area contributed by atoms with Crippen LogP contribution in [0, 0.1) is 0 Å². The highest BCUT2D eigenvalue weighted by atomic mass is 32.1. The molecule has 0 radical (unpaired) electrons. The fourth-order valence-electron chi connectivity index (χ4n) is 2.75. The topological polar surface area (TPSA) is 57.9 Å². The molecule has 0 spiro atoms. The van der Waals surface area contributed by atoms with Crippen molar-refractivity contribution in [3.05, 3.63) is 53.6 Å². The molecule has 2 aliphatic rings. The Labute approximate surface area is 131 Å². The largest absolute Gasteiger partial charge is 0.289 e. The van der Waals surface area contributed by atoms with Gasteiger partial charge in [0.2, 0.25) is 5.78 Å². The average Bonchev–Trinajstić information content (AvgIpc) is 3.09. The van der Waals surface area contributed by atoms with E-state index in [4.69, 9.17) is 0 Å². The van der Waals surface area contributed by atoms with Crippen molar-refractivity contribution in [2.75, 3.05) is 6.54 Å². The number of fused-ring (bicyclic) bond motifs is 2. The van der Waals surface area contributed by atoms with Crippen LogP contribution >= 0.6 is 11.3 Å². The first-order valence-electron chi connectivity index (χ1n) is 7.10. The molecule has 22 heavy (non-hydrogen) atoms. The number of Topliss-reactive ketones (excluding diaryl/α,β-unsaturated/α-hetero) is 1. The number of thiazole rings is 1. The number of para-hydroxylation sites is 1. The van der Waals surface area contributed by atoms with Gasteiger partial charge in [-0.25, -0.2) is 4.98 Å². The summed E-state index contributed by atoms with van der Waals surface area (Å²) in [5.74, 6) is -0.0210. The third-order valence-electron chi connectivity index (χ3n) is 3.97. The Balaban J connectivity index is 1.56. The highest BCUT2D eigenvalue weighted by Crippen LogP contribution is 2.33. The summed E-state index contributed by atoms with van der Waals surface area (Å²) in [5, 5.41) is 10.8. The highest BCUT2D eigenvalue weighted by molar-refractivity contribution is 7.20. The van der Waals surface area contributed by atoms with E-state index in [0.29, 0.717) is 5.01 Å². The van der Waals surface area contributed by atoms with Crippen LogP contribution in [0.1, 0.15) is 16.7 Å². The summed E-state index contributed by atoms with van der Waals surface area (Å²) in [6.45, 7) is 2.21. The van der Waals surface area contributed by atoms with Gasteiger partial charge in [0.1, 0.15) is 12.1 Å². The maximum absolute atomic E-state index is 12.5. The van der Waals surface area contributed by atoms with Crippen molar-refractivity contribution < 1.29 is 4.79 Å². The molecule has 6 heteroatoms. The molecule has 4 rings (SSSR count). The summed E-state index contributed by atoms with van der Waals surface area (Å²) in [6.07, 6.45) is 7.99. The third kappa shape index (κ3) is 2.07. The zero-order chi connectivity index (χ0) is 15.2. The molecule has 0 N–H and O–H groups in total. The first-order valence-corrected chi connectivity index (χ1v) is 7.92. The molecule has 0 fully saturated rings. The van der Waals surface area contributed by atoms with Crippen molar-refractivity contribution in [3.63, 3.8) is 0 Å². The Kier molecular flexibility index (Phi) is 2.94. The van der Waals surface area contributed by atoms with Crippen LogP contribution in [-0.4, -0.2) is 33.9 Å². The lowest BCUT2D eigenvalue weighted by molar-refractivity contribution is 0.0917. The third-order valence-corrected chi connectivity index (χ3v) is 5.05. The van der Waals surface area contributed by atoms with E-state index in [9.17, 15) is 4.79 Å². The Morgan fingerprint density at radius 3 is 3.09 bits per heavy atom. The normalized spacial score (nSPS) is 25.9. The van der Waals surface area contributed by atoms with E-state index in [0.717, 1.165) is 10.2 Å². The van der Waals surface area contributed by atoms with E-state index >= 15 is 0 Å². The summed E-state index contributed by atoms with van der Waals surface area (Å²) in [6, 6.07) is 7.77. The van der Waals surface area contributed by atoms with Gasteiger partial charge in [0, 0.05) is 0 Å². The minimum absolute atomic E-state index is 0.00386. The molecule has 2 heterocycles. The van der Waals surface area contributed by atoms with Crippen molar-refractivity contribution in [2.24, 2.45) is 10.3 Å². The number of nitrogens with zero attached hydrogens (tertiary/aromatic N) is 4. The zero-order valence-corrected chi connectivity index (χ0v) is 12.8. The number of rotatable bonds is 3. The van der Waals surface area contributed by atoms with E-state index in [2.05, 4.69) is 15.3 Å². The maximum atomic E-state index is 12.5. The van der Waals surface area contributed by atoms with Gasteiger partial charge < -0.3 is 0 Å². The molecule has 2 aromatic rings. The summed E-state index contributed by atoms with van der Waals surface area (Å²) in [7, 11) is 0. The molecule has 110 valence electrons. The van der Waals surface area contributed by atoms with E-state index in [1.165, 1.54) is 11.3 Å². The first-order chi connectivity index (χ1) is 10.7. The van der Waals surface area contributed by atoms with Gasteiger partial charge >= 0.3 is 0 Å². The summed E-state index contributed by atoms with van der Waals surface area (Å²) in [4.78, 5) is 16.9. The monoisotopic (exact) mass is 310 g/mol. The molecule has 1 aromatic carbocycles. The van der Waals surface area contributed by atoms with Gasteiger partial charge in [-0.15, -0.1) is 11.3 Å². The number of benzene rings is 1. The Morgan fingerprint density at radius 2 is 2.23 bits per heavy atom. The van der Waals surface area contributed by atoms with Crippen LogP contribution in [0.15, 0.2) is 58.9 Å². The molecule has 1 aliphatic heterocycles. The molecule has 1 aromatic heterocycles. The Morgan fingerprint density at radius 1 is 1.36 bits per heavy atom. The van der Waals surface area contributed by atoms with Crippen molar-refractivity contribution in [1.29, 1.82) is 0 Å². The number of allylic oxidation sites excluding steroid dienone is 2. The van der Waals surface area contributed by atoms with Crippen LogP contribution in [0.5, 0.6) is 0 Å². The molecular weight excluding hydrogens is 296 g/mol. The van der Waals surface area contributed by atoms with Crippen molar-refractivity contribution in [3.8, 4) is 0 Å². The number of hydrogen-bond donors (Lipinski definition) is 0. The van der Waals surface area contributed by atoms with Gasteiger partial charge in [0.25, 0.3) is 0 Å². The molecule has 0 amide bonds. The number of aromatic nitrogens is 1. The van der Waals surface area contributed by atoms with E-state index in [-0.39, 0.29) is 23.9 Å². The van der Waals surface area contributed by atoms with Crippen molar-refractivity contribution >= 4 is 27.3 Å². The van der Waals surface area contributed by atoms with E-state index < -0.39 is 0 Å². The lowest BCUT2D eigenvalue weighted by Gasteiger charge is -2.28. The number of carbonyl (C=O) groups excluding carboxylic acids is 1. The fraction of sp³-hybridized carbons (Fsp3) is 0.250. The minimum atomic E-state index is -0.372. The Hall–Kier alpha value is -2.34. The lowest BCUT2D eigenvalue weighted by Crippen LogP contribution is -2.43. The molecule has 0 saturated heterocycles. The van der Waals surface area contributed by atoms with Crippen molar-refractivity contribution in [2.45, 2.75) is 18.5 Å². The van der Waals surface area contributed by atoms with Gasteiger partial charge in [-0.3, -0.25) is 9.80 Å². The minimum Gasteiger partial charge on any atom is -0.289 e. The lowest BCUT2D eigenvalue weighted by atomic mass is 9.89. The standard InChI is InChI=1S/C16H14N4OS/c1-16-9-5-4-8-14(16)20(19-18-16)10-12(21)15-17-11-6-2-3-7-13(11)22-15/h2-9,14H,10H2,1H3. The predicted octanol–water partition coefficient (Wildman–Crippen LogP) is 3.42. The van der Waals surface area contributed by atoms with Crippen LogP contribution in [0.3, 0.4) is 0 Å². The summed E-state index contributed by atoms with van der Waals surface area (Å²) >= 11 is 1.43. The second kappa shape index (κ2) is 4.84. The SMILES string of the molecule is CC12C=CC=CC1N(CC(=O)c1nc3ccccc3s1)N=N2. The van der Waals surface area contributed by atoms with Crippen LogP contribution in [0.2, 0.25) is 0 Å². The fourth-order valence-corrected chi connectivity index (χ4v) is 3.65. The van der Waals surface area contributed by atoms with Gasteiger partial charge in [0.15, 0.2) is 5.01 Å². The quantitative estimate of drug-likeness (QED) is 0.816. The van der Waals surface area contributed by atoms with Gasteiger partial charge in [-0.05, 0) is 19.1 Å². The van der Waals surface area contributed by atoms with Crippen LogP contribution < -0.4 is 0 Å². The first kappa shape index (κ1) is 13.3. The van der Waals surface area contributed by atoms with Crippen LogP contribution in [0.4, 0.5) is 0 Å². The molecule has 2 atom stereocenters. The predicted molar refractivity (Wildman–Crippen MR) is 86.0 cm³/mol. The molecule has 0 saturated carbocycles. The zero-order valence-electron chi connectivity index (χ0n) is 12.0. The number of carbonyl (C=O) groups is 1.